The average Bonchev–Trinajstić information content (AvgIpc) is 3.46. The van der Waals surface area contributed by atoms with Crippen LogP contribution in [-0.2, 0) is 19.4 Å². The highest BCUT2D eigenvalue weighted by Crippen LogP contribution is 2.44. The van der Waals surface area contributed by atoms with Gasteiger partial charge in [0.25, 0.3) is 0 Å². The van der Waals surface area contributed by atoms with Crippen molar-refractivity contribution in [1.82, 2.24) is 9.47 Å². The molecule has 0 unspecified atom stereocenters. The van der Waals surface area contributed by atoms with Gasteiger partial charge in [-0.25, -0.2) is 4.79 Å². The number of nitrogens with one attached hydrogen (secondary N) is 1. The van der Waals surface area contributed by atoms with Crippen molar-refractivity contribution in [2.24, 2.45) is 0 Å². The molecular formula is C29H29N3O2S. The third-order valence-corrected chi connectivity index (χ3v) is 8.45. The number of benzene rings is 2. The minimum absolute atomic E-state index is 0.0974. The van der Waals surface area contributed by atoms with Crippen molar-refractivity contribution in [3.63, 3.8) is 0 Å². The molecule has 0 fully saturated rings. The van der Waals surface area contributed by atoms with Crippen LogP contribution < -0.4 is 10.1 Å². The molecule has 5 nitrogen and oxygen atoms in total. The van der Waals surface area contributed by atoms with Crippen LogP contribution in [0.3, 0.4) is 0 Å². The number of thiophene rings is 1. The first-order valence-corrected chi connectivity index (χ1v) is 13.0. The van der Waals surface area contributed by atoms with E-state index in [4.69, 9.17) is 4.74 Å². The minimum Gasteiger partial charge on any atom is -0.497 e. The van der Waals surface area contributed by atoms with Crippen LogP contribution in [0.4, 0.5) is 10.5 Å². The zero-order chi connectivity index (χ0) is 23.9. The molecule has 1 aliphatic carbocycles. The zero-order valence-electron chi connectivity index (χ0n) is 20.1. The first-order chi connectivity index (χ1) is 17.1. The van der Waals surface area contributed by atoms with Crippen LogP contribution in [0.5, 0.6) is 5.75 Å². The van der Waals surface area contributed by atoms with E-state index in [0.717, 1.165) is 41.1 Å². The molecule has 1 N–H and O–H groups in total. The number of aryl methyl sites for hydroxylation is 2. The Morgan fingerprint density at radius 3 is 2.74 bits per heavy atom. The monoisotopic (exact) mass is 483 g/mol. The molecule has 0 spiro atoms. The lowest BCUT2D eigenvalue weighted by atomic mass is 9.95. The molecule has 6 rings (SSSR count). The fraction of sp³-hybridized carbons (Fsp3) is 0.276. The third-order valence-electron chi connectivity index (χ3n) is 7.12. The summed E-state index contributed by atoms with van der Waals surface area (Å²) in [4.78, 5) is 17.5. The van der Waals surface area contributed by atoms with Crippen molar-refractivity contribution in [3.8, 4) is 10.8 Å². The Morgan fingerprint density at radius 1 is 1.03 bits per heavy atom. The third kappa shape index (κ3) is 3.92. The van der Waals surface area contributed by atoms with Gasteiger partial charge < -0.3 is 19.5 Å². The van der Waals surface area contributed by atoms with Crippen molar-refractivity contribution in [2.75, 3.05) is 12.4 Å². The van der Waals surface area contributed by atoms with E-state index < -0.39 is 0 Å². The average molecular weight is 484 g/mol. The first kappa shape index (κ1) is 22.0. The largest absolute Gasteiger partial charge is 0.497 e. The van der Waals surface area contributed by atoms with E-state index in [1.807, 2.05) is 65.6 Å². The summed E-state index contributed by atoms with van der Waals surface area (Å²) in [5.74, 6) is 0.788. The highest BCUT2D eigenvalue weighted by Gasteiger charge is 2.36. The van der Waals surface area contributed by atoms with Crippen molar-refractivity contribution < 1.29 is 9.53 Å². The van der Waals surface area contributed by atoms with Gasteiger partial charge in [0.15, 0.2) is 0 Å². The van der Waals surface area contributed by atoms with Gasteiger partial charge in [0.1, 0.15) is 10.8 Å². The molecule has 2 aromatic carbocycles. The number of fused-ring (bicyclic) bond motifs is 5. The molecule has 0 saturated carbocycles. The molecule has 0 bridgehead atoms. The molecule has 0 saturated heterocycles. The fourth-order valence-corrected chi connectivity index (χ4v) is 6.87. The van der Waals surface area contributed by atoms with E-state index in [9.17, 15) is 4.79 Å². The predicted octanol–water partition coefficient (Wildman–Crippen LogP) is 6.87. The number of ether oxygens (including phenoxy) is 1. The van der Waals surface area contributed by atoms with Crippen LogP contribution in [0, 0.1) is 6.92 Å². The summed E-state index contributed by atoms with van der Waals surface area (Å²) < 4.78 is 7.86. The second-order valence-electron chi connectivity index (χ2n) is 9.40. The van der Waals surface area contributed by atoms with Crippen LogP contribution in [0.15, 0.2) is 66.9 Å². The Hall–Kier alpha value is -3.51. The van der Waals surface area contributed by atoms with Crippen molar-refractivity contribution in [3.05, 3.63) is 99.7 Å². The molecule has 0 radical (unpaired) electrons. The van der Waals surface area contributed by atoms with Crippen molar-refractivity contribution >= 4 is 23.1 Å². The summed E-state index contributed by atoms with van der Waals surface area (Å²) >= 11 is 1.90. The Labute approximate surface area is 210 Å². The highest BCUT2D eigenvalue weighted by molar-refractivity contribution is 7.15. The lowest BCUT2D eigenvalue weighted by Gasteiger charge is -2.31. The van der Waals surface area contributed by atoms with E-state index in [0.29, 0.717) is 6.54 Å². The normalized spacial score (nSPS) is 16.6. The number of amides is 2. The molecular weight excluding hydrogens is 454 g/mol. The standard InChI is InChI=1S/C29H29N3O2S/c1-19-8-5-10-21(16-19)30-29(33)32-18-24-23-12-3-4-14-26(23)35-28(24)31-15-7-13-25(31)27(32)20-9-6-11-22(17-20)34-2/h5-11,13,15-17,27H,3-4,12,14,18H2,1-2H3,(H,30,33)/t27-/m1/s1. The SMILES string of the molecule is COc1cccc([C@@H]2c3cccn3-c3sc4c(c3CN2C(=O)Nc2cccc(C)c2)CCCC4)c1. The summed E-state index contributed by atoms with van der Waals surface area (Å²) in [6, 6.07) is 19.9. The van der Waals surface area contributed by atoms with Crippen molar-refractivity contribution in [1.29, 1.82) is 0 Å². The Balaban J connectivity index is 1.50. The molecule has 6 heteroatoms. The first-order valence-electron chi connectivity index (χ1n) is 12.2. The maximum absolute atomic E-state index is 14.0. The highest BCUT2D eigenvalue weighted by atomic mass is 32.1. The minimum atomic E-state index is -0.247. The second-order valence-corrected chi connectivity index (χ2v) is 10.5. The smallest absolute Gasteiger partial charge is 0.322 e. The Bertz CT molecular complexity index is 1400. The fourth-order valence-electron chi connectivity index (χ4n) is 5.47. The lowest BCUT2D eigenvalue weighted by molar-refractivity contribution is 0.194. The Morgan fingerprint density at radius 2 is 1.89 bits per heavy atom. The zero-order valence-corrected chi connectivity index (χ0v) is 20.9. The van der Waals surface area contributed by atoms with Gasteiger partial charge in [-0.15, -0.1) is 11.3 Å². The number of anilines is 1. The number of urea groups is 1. The molecule has 3 heterocycles. The topological polar surface area (TPSA) is 46.5 Å². The van der Waals surface area contributed by atoms with Crippen LogP contribution in [0.1, 0.15) is 51.7 Å². The molecule has 1 aliphatic heterocycles. The molecule has 2 aliphatic rings. The quantitative estimate of drug-likeness (QED) is 0.346. The number of rotatable bonds is 3. The molecule has 4 aromatic rings. The number of hydrogen-bond donors (Lipinski definition) is 1. The van der Waals surface area contributed by atoms with Gasteiger partial charge in [-0.2, -0.15) is 0 Å². The number of aromatic nitrogens is 1. The van der Waals surface area contributed by atoms with E-state index in [1.54, 1.807) is 7.11 Å². The van der Waals surface area contributed by atoms with Gasteiger partial charge in [0.05, 0.1) is 25.4 Å². The summed E-state index contributed by atoms with van der Waals surface area (Å²) in [7, 11) is 1.68. The van der Waals surface area contributed by atoms with Gasteiger partial charge in [-0.3, -0.25) is 0 Å². The molecule has 2 amide bonds. The van der Waals surface area contributed by atoms with E-state index in [2.05, 4.69) is 34.3 Å². The number of hydrogen-bond acceptors (Lipinski definition) is 3. The number of carbonyl (C=O) groups is 1. The number of carbonyl (C=O) groups excluding carboxylic acids is 1. The van der Waals surface area contributed by atoms with E-state index >= 15 is 0 Å². The summed E-state index contributed by atoms with van der Waals surface area (Å²) in [5.41, 5.74) is 6.81. The van der Waals surface area contributed by atoms with Gasteiger partial charge in [-0.1, -0.05) is 24.3 Å². The van der Waals surface area contributed by atoms with Crippen LogP contribution in [-0.4, -0.2) is 22.6 Å². The van der Waals surface area contributed by atoms with Gasteiger partial charge in [0.2, 0.25) is 0 Å². The summed E-state index contributed by atoms with van der Waals surface area (Å²) in [6.07, 6.45) is 6.83. The molecule has 1 atom stereocenters. The second kappa shape index (κ2) is 8.93. The van der Waals surface area contributed by atoms with Gasteiger partial charge in [-0.05, 0) is 85.7 Å². The molecule has 178 valence electrons. The van der Waals surface area contributed by atoms with Crippen molar-refractivity contribution in [2.45, 2.75) is 45.2 Å². The lowest BCUT2D eigenvalue weighted by Crippen LogP contribution is -2.38. The maximum Gasteiger partial charge on any atom is 0.322 e. The molecule has 2 aromatic heterocycles. The maximum atomic E-state index is 14.0. The number of methoxy groups -OCH3 is 1. The summed E-state index contributed by atoms with van der Waals surface area (Å²) in [6.45, 7) is 2.61. The molecule has 35 heavy (non-hydrogen) atoms. The predicted molar refractivity (Wildman–Crippen MR) is 141 cm³/mol. The van der Waals surface area contributed by atoms with Gasteiger partial charge in [0, 0.05) is 22.3 Å². The Kier molecular flexibility index (Phi) is 5.61. The van der Waals surface area contributed by atoms with E-state index in [1.165, 1.54) is 33.8 Å². The van der Waals surface area contributed by atoms with Crippen LogP contribution in [0.2, 0.25) is 0 Å². The summed E-state index contributed by atoms with van der Waals surface area (Å²) in [5, 5.41) is 4.44. The van der Waals surface area contributed by atoms with Gasteiger partial charge >= 0.3 is 6.03 Å². The van der Waals surface area contributed by atoms with Crippen LogP contribution >= 0.6 is 11.3 Å². The van der Waals surface area contributed by atoms with Crippen LogP contribution in [0.25, 0.3) is 5.00 Å². The van der Waals surface area contributed by atoms with E-state index in [-0.39, 0.29) is 12.1 Å². The number of nitrogens with zero attached hydrogens (tertiary/aromatic N) is 2.